The van der Waals surface area contributed by atoms with Crippen molar-refractivity contribution in [3.8, 4) is 0 Å². The van der Waals surface area contributed by atoms with Gasteiger partial charge in [-0.3, -0.25) is 10.4 Å². The van der Waals surface area contributed by atoms with E-state index in [1.807, 2.05) is 36.1 Å². The Morgan fingerprint density at radius 2 is 2.16 bits per heavy atom. The van der Waals surface area contributed by atoms with E-state index in [0.29, 0.717) is 12.1 Å². The van der Waals surface area contributed by atoms with E-state index in [1.54, 1.807) is 6.20 Å². The largest absolute Gasteiger partial charge is 0.395 e. The highest BCUT2D eigenvalue weighted by atomic mass is 16.3. The fraction of sp³-hybridized carbons (Fsp3) is 0.286. The number of nitrogen functional groups attached to an aromatic ring is 1. The molecule has 0 unspecified atom stereocenters. The summed E-state index contributed by atoms with van der Waals surface area (Å²) in [6.45, 7) is 3.30. The number of nitrogens with zero attached hydrogens (tertiary/aromatic N) is 2. The lowest BCUT2D eigenvalue weighted by molar-refractivity contribution is 0.302. The van der Waals surface area contributed by atoms with Crippen LogP contribution in [-0.4, -0.2) is 35.6 Å². The van der Waals surface area contributed by atoms with Crippen molar-refractivity contribution in [1.82, 2.24) is 4.98 Å². The van der Waals surface area contributed by atoms with Gasteiger partial charge >= 0.3 is 0 Å². The standard InChI is InChI=1S/C14H18N4O/c1-2-18(7-8-19)13-10-5-3-4-6-12(10)17-9-11(13)14(15)16/h3-6,9,19H,2,7-8H2,1H3,(H3,15,16). The Hall–Kier alpha value is -2.14. The molecule has 0 fully saturated rings. The lowest BCUT2D eigenvalue weighted by Gasteiger charge is -2.26. The third kappa shape index (κ3) is 2.51. The van der Waals surface area contributed by atoms with Crippen LogP contribution in [0.25, 0.3) is 10.9 Å². The Morgan fingerprint density at radius 1 is 1.42 bits per heavy atom. The van der Waals surface area contributed by atoms with Crippen molar-refractivity contribution in [2.45, 2.75) is 6.92 Å². The molecular formula is C14H18N4O. The molecule has 0 aliphatic heterocycles. The highest BCUT2D eigenvalue weighted by Gasteiger charge is 2.15. The van der Waals surface area contributed by atoms with Gasteiger partial charge < -0.3 is 15.7 Å². The van der Waals surface area contributed by atoms with E-state index in [0.717, 1.165) is 23.1 Å². The minimum Gasteiger partial charge on any atom is -0.395 e. The van der Waals surface area contributed by atoms with Crippen LogP contribution in [0.4, 0.5) is 5.69 Å². The molecule has 0 aliphatic carbocycles. The first-order chi connectivity index (χ1) is 9.19. The van der Waals surface area contributed by atoms with Crippen molar-refractivity contribution in [3.63, 3.8) is 0 Å². The highest BCUT2D eigenvalue weighted by Crippen LogP contribution is 2.29. The van der Waals surface area contributed by atoms with Crippen LogP contribution in [0.15, 0.2) is 30.5 Å². The Morgan fingerprint density at radius 3 is 2.79 bits per heavy atom. The number of hydrogen-bond donors (Lipinski definition) is 3. The minimum atomic E-state index is -0.00959. The van der Waals surface area contributed by atoms with Gasteiger partial charge in [-0.25, -0.2) is 0 Å². The Labute approximate surface area is 112 Å². The molecule has 2 aromatic rings. The molecule has 19 heavy (non-hydrogen) atoms. The van der Waals surface area contributed by atoms with E-state index in [-0.39, 0.29) is 12.4 Å². The summed E-state index contributed by atoms with van der Waals surface area (Å²) in [4.78, 5) is 6.34. The smallest absolute Gasteiger partial charge is 0.126 e. The van der Waals surface area contributed by atoms with Gasteiger partial charge in [0.2, 0.25) is 0 Å². The van der Waals surface area contributed by atoms with E-state index in [1.165, 1.54) is 0 Å². The summed E-state index contributed by atoms with van der Waals surface area (Å²) in [6, 6.07) is 7.75. The first-order valence-corrected chi connectivity index (χ1v) is 6.27. The normalized spacial score (nSPS) is 10.6. The van der Waals surface area contributed by atoms with Crippen LogP contribution in [0.5, 0.6) is 0 Å². The number of aliphatic hydroxyl groups excluding tert-OH is 1. The number of aliphatic hydroxyl groups is 1. The summed E-state index contributed by atoms with van der Waals surface area (Å²) in [5, 5.41) is 17.8. The molecule has 0 aliphatic rings. The molecule has 0 amide bonds. The molecule has 4 N–H and O–H groups in total. The lowest BCUT2D eigenvalue weighted by atomic mass is 10.1. The maximum absolute atomic E-state index is 9.19. The quantitative estimate of drug-likeness (QED) is 0.558. The summed E-state index contributed by atoms with van der Waals surface area (Å²) in [6.07, 6.45) is 1.63. The van der Waals surface area contributed by atoms with Crippen molar-refractivity contribution in [1.29, 1.82) is 5.41 Å². The van der Waals surface area contributed by atoms with Crippen LogP contribution < -0.4 is 10.6 Å². The predicted molar refractivity (Wildman–Crippen MR) is 77.7 cm³/mol. The first kappa shape index (κ1) is 13.3. The monoisotopic (exact) mass is 258 g/mol. The molecular weight excluding hydrogens is 240 g/mol. The molecule has 0 bridgehead atoms. The van der Waals surface area contributed by atoms with E-state index in [9.17, 15) is 5.11 Å². The molecule has 0 atom stereocenters. The van der Waals surface area contributed by atoms with Gasteiger partial charge in [0.1, 0.15) is 5.84 Å². The number of anilines is 1. The van der Waals surface area contributed by atoms with Crippen LogP contribution in [0, 0.1) is 5.41 Å². The van der Waals surface area contributed by atoms with Gasteiger partial charge in [0.15, 0.2) is 0 Å². The topological polar surface area (TPSA) is 86.2 Å². The van der Waals surface area contributed by atoms with Gasteiger partial charge in [-0.15, -0.1) is 0 Å². The Bertz CT molecular complexity index is 597. The predicted octanol–water partition coefficient (Wildman–Crippen LogP) is 1.34. The Balaban J connectivity index is 2.71. The Kier molecular flexibility index (Phi) is 3.97. The number of fused-ring (bicyclic) bond motifs is 1. The number of amidine groups is 1. The third-order valence-corrected chi connectivity index (χ3v) is 3.11. The zero-order chi connectivity index (χ0) is 13.8. The summed E-state index contributed by atoms with van der Waals surface area (Å²) in [7, 11) is 0. The number of hydrogen-bond acceptors (Lipinski definition) is 4. The van der Waals surface area contributed by atoms with Gasteiger partial charge in [-0.2, -0.15) is 0 Å². The molecule has 0 saturated heterocycles. The van der Waals surface area contributed by atoms with Gasteiger partial charge in [-0.1, -0.05) is 18.2 Å². The third-order valence-electron chi connectivity index (χ3n) is 3.11. The van der Waals surface area contributed by atoms with Crippen molar-refractivity contribution in [2.24, 2.45) is 5.73 Å². The molecule has 100 valence electrons. The number of likely N-dealkylation sites (N-methyl/N-ethyl adjacent to an activating group) is 1. The fourth-order valence-corrected chi connectivity index (χ4v) is 2.21. The molecule has 1 aromatic carbocycles. The zero-order valence-electron chi connectivity index (χ0n) is 10.9. The number of para-hydroxylation sites is 1. The van der Waals surface area contributed by atoms with E-state index >= 15 is 0 Å². The van der Waals surface area contributed by atoms with Crippen molar-refractivity contribution in [2.75, 3.05) is 24.6 Å². The summed E-state index contributed by atoms with van der Waals surface area (Å²) >= 11 is 0. The molecule has 1 aromatic heterocycles. The van der Waals surface area contributed by atoms with Gasteiger partial charge in [-0.05, 0) is 13.0 Å². The average Bonchev–Trinajstić information content (AvgIpc) is 2.43. The molecule has 5 nitrogen and oxygen atoms in total. The summed E-state index contributed by atoms with van der Waals surface area (Å²) < 4.78 is 0. The van der Waals surface area contributed by atoms with Crippen molar-refractivity contribution < 1.29 is 5.11 Å². The summed E-state index contributed by atoms with van der Waals surface area (Å²) in [5.41, 5.74) is 7.98. The number of nitrogens with two attached hydrogens (primary N) is 1. The van der Waals surface area contributed by atoms with E-state index in [4.69, 9.17) is 11.1 Å². The fourth-order valence-electron chi connectivity index (χ4n) is 2.21. The number of benzene rings is 1. The number of nitrogens with one attached hydrogen (secondary N) is 1. The maximum atomic E-state index is 9.19. The molecule has 0 radical (unpaired) electrons. The summed E-state index contributed by atoms with van der Waals surface area (Å²) in [5.74, 6) is -0.00959. The van der Waals surface area contributed by atoms with E-state index < -0.39 is 0 Å². The SMILES string of the molecule is CCN(CCO)c1c(C(=N)N)cnc2ccccc12. The molecule has 5 heteroatoms. The molecule has 1 heterocycles. The maximum Gasteiger partial charge on any atom is 0.126 e. The van der Waals surface area contributed by atoms with Crippen molar-refractivity contribution in [3.05, 3.63) is 36.0 Å². The number of rotatable bonds is 5. The second kappa shape index (κ2) is 5.67. The van der Waals surface area contributed by atoms with E-state index in [2.05, 4.69) is 4.98 Å². The van der Waals surface area contributed by atoms with Gasteiger partial charge in [0.05, 0.1) is 23.4 Å². The highest BCUT2D eigenvalue weighted by molar-refractivity contribution is 6.07. The molecule has 2 rings (SSSR count). The first-order valence-electron chi connectivity index (χ1n) is 6.27. The van der Waals surface area contributed by atoms with Crippen LogP contribution in [0.3, 0.4) is 0 Å². The van der Waals surface area contributed by atoms with Gasteiger partial charge in [0.25, 0.3) is 0 Å². The molecule has 0 spiro atoms. The number of aromatic nitrogens is 1. The average molecular weight is 258 g/mol. The van der Waals surface area contributed by atoms with Crippen LogP contribution >= 0.6 is 0 Å². The van der Waals surface area contributed by atoms with Crippen LogP contribution in [-0.2, 0) is 0 Å². The second-order valence-corrected chi connectivity index (χ2v) is 4.25. The van der Waals surface area contributed by atoms with Crippen LogP contribution in [0.1, 0.15) is 12.5 Å². The second-order valence-electron chi connectivity index (χ2n) is 4.25. The lowest BCUT2D eigenvalue weighted by Crippen LogP contribution is -2.29. The zero-order valence-corrected chi connectivity index (χ0v) is 10.9. The minimum absolute atomic E-state index is 0.00959. The van der Waals surface area contributed by atoms with Crippen LogP contribution in [0.2, 0.25) is 0 Å². The van der Waals surface area contributed by atoms with Crippen molar-refractivity contribution >= 4 is 22.4 Å². The van der Waals surface area contributed by atoms with Gasteiger partial charge in [0, 0.05) is 24.7 Å². The number of pyridine rings is 1. The molecule has 0 saturated carbocycles.